The lowest BCUT2D eigenvalue weighted by atomic mass is 10.2. The molecule has 0 fully saturated rings. The van der Waals surface area contributed by atoms with Crippen LogP contribution in [0.1, 0.15) is 11.1 Å². The topological polar surface area (TPSA) is 86.2 Å². The summed E-state index contributed by atoms with van der Waals surface area (Å²) in [6, 6.07) is 11.6. The van der Waals surface area contributed by atoms with Crippen LogP contribution in [-0.4, -0.2) is 9.13 Å². The molecule has 0 bridgehead atoms. The van der Waals surface area contributed by atoms with Gasteiger partial charge >= 0.3 is 0 Å². The second kappa shape index (κ2) is 5.83. The highest BCUT2D eigenvalue weighted by Gasteiger charge is 2.17. The summed E-state index contributed by atoms with van der Waals surface area (Å²) in [5, 5.41) is 10.9. The second-order valence-corrected chi connectivity index (χ2v) is 5.84. The van der Waals surface area contributed by atoms with Crippen LogP contribution in [0.4, 0.5) is 11.4 Å². The monoisotopic (exact) mass is 290 g/mol. The molecule has 20 heavy (non-hydrogen) atoms. The van der Waals surface area contributed by atoms with E-state index in [1.54, 1.807) is 30.3 Å². The maximum absolute atomic E-state index is 12.4. The van der Waals surface area contributed by atoms with Crippen molar-refractivity contribution >= 4 is 22.2 Å². The number of nitrogens with two attached hydrogens (primary N) is 1. The van der Waals surface area contributed by atoms with Crippen LogP contribution >= 0.6 is 0 Å². The van der Waals surface area contributed by atoms with Crippen molar-refractivity contribution in [2.24, 2.45) is 0 Å². The van der Waals surface area contributed by atoms with E-state index in [0.29, 0.717) is 16.1 Å². The predicted octanol–water partition coefficient (Wildman–Crippen LogP) is 2.79. The summed E-state index contributed by atoms with van der Waals surface area (Å²) in [6.07, 6.45) is 0. The maximum atomic E-state index is 12.4. The number of aryl methyl sites for hydroxylation is 1. The summed E-state index contributed by atoms with van der Waals surface area (Å²) in [6.45, 7) is 1.88. The quantitative estimate of drug-likeness (QED) is 0.533. The minimum absolute atomic E-state index is 0.0212. The van der Waals surface area contributed by atoms with E-state index in [9.17, 15) is 14.3 Å². The van der Waals surface area contributed by atoms with Crippen molar-refractivity contribution < 1.29 is 9.13 Å². The number of nitrogens with zero attached hydrogens (tertiary/aromatic N) is 1. The average Bonchev–Trinajstić information content (AvgIpc) is 2.41. The van der Waals surface area contributed by atoms with Crippen LogP contribution in [0, 0.1) is 17.0 Å². The van der Waals surface area contributed by atoms with E-state index in [1.807, 2.05) is 13.0 Å². The molecular formula is C14H14N2O3S. The number of hydrogen-bond donors (Lipinski definition) is 1. The van der Waals surface area contributed by atoms with Crippen molar-refractivity contribution in [3.05, 3.63) is 63.7 Å². The third kappa shape index (κ3) is 3.03. The molecule has 1 unspecified atom stereocenters. The Morgan fingerprint density at radius 1 is 1.25 bits per heavy atom. The van der Waals surface area contributed by atoms with Crippen LogP contribution < -0.4 is 5.73 Å². The zero-order chi connectivity index (χ0) is 14.7. The van der Waals surface area contributed by atoms with Crippen molar-refractivity contribution in [3.8, 4) is 0 Å². The number of nitro benzene ring substituents is 1. The molecule has 0 saturated heterocycles. The summed E-state index contributed by atoms with van der Waals surface area (Å²) >= 11 is 0. The molecule has 0 aliphatic rings. The number of anilines is 1. The molecule has 1 atom stereocenters. The van der Waals surface area contributed by atoms with E-state index in [2.05, 4.69) is 0 Å². The zero-order valence-corrected chi connectivity index (χ0v) is 11.7. The van der Waals surface area contributed by atoms with Gasteiger partial charge in [-0.2, -0.15) is 0 Å². The number of nitro groups is 1. The molecule has 6 heteroatoms. The molecule has 0 aromatic heterocycles. The first kappa shape index (κ1) is 14.2. The molecular weight excluding hydrogens is 276 g/mol. The molecule has 0 radical (unpaired) electrons. The Bertz CT molecular complexity index is 686. The van der Waals surface area contributed by atoms with Crippen molar-refractivity contribution in [1.82, 2.24) is 0 Å². The smallest absolute Gasteiger partial charge is 0.273 e. The maximum Gasteiger partial charge on any atom is 0.273 e. The van der Waals surface area contributed by atoms with Gasteiger partial charge in [-0.25, -0.2) is 0 Å². The largest absolute Gasteiger partial charge is 0.398 e. The fraction of sp³-hybridized carbons (Fsp3) is 0.143. The van der Waals surface area contributed by atoms with Crippen LogP contribution in [0.25, 0.3) is 0 Å². The standard InChI is InChI=1S/C14H14N2O3S/c1-10-6-7-12(15)14(8-10)20(19)9-11-4-2-3-5-13(11)16(17)18/h2-8H,9,15H2,1H3. The SMILES string of the molecule is Cc1ccc(N)c(S(=O)Cc2ccccc2[N+](=O)[O-])c1. The third-order valence-corrected chi connectivity index (χ3v) is 4.31. The number of rotatable bonds is 4. The van der Waals surface area contributed by atoms with Crippen LogP contribution in [0.3, 0.4) is 0 Å². The average molecular weight is 290 g/mol. The summed E-state index contributed by atoms with van der Waals surface area (Å²) in [5.74, 6) is 0.0742. The van der Waals surface area contributed by atoms with Gasteiger partial charge in [-0.15, -0.1) is 0 Å². The first-order valence-electron chi connectivity index (χ1n) is 5.96. The molecule has 2 N–H and O–H groups in total. The summed E-state index contributed by atoms with van der Waals surface area (Å²) < 4.78 is 12.4. The van der Waals surface area contributed by atoms with Gasteiger partial charge < -0.3 is 5.73 Å². The highest BCUT2D eigenvalue weighted by molar-refractivity contribution is 7.84. The fourth-order valence-corrected chi connectivity index (χ4v) is 3.20. The van der Waals surface area contributed by atoms with E-state index in [0.717, 1.165) is 5.56 Å². The lowest BCUT2D eigenvalue weighted by molar-refractivity contribution is -0.385. The van der Waals surface area contributed by atoms with E-state index >= 15 is 0 Å². The normalized spacial score (nSPS) is 12.1. The van der Waals surface area contributed by atoms with Crippen LogP contribution in [-0.2, 0) is 16.6 Å². The number of para-hydroxylation sites is 1. The predicted molar refractivity (Wildman–Crippen MR) is 78.8 cm³/mol. The van der Waals surface area contributed by atoms with Crippen molar-refractivity contribution in [2.45, 2.75) is 17.6 Å². The van der Waals surface area contributed by atoms with Gasteiger partial charge in [-0.05, 0) is 24.6 Å². The number of nitrogen functional groups attached to an aromatic ring is 1. The van der Waals surface area contributed by atoms with Crippen molar-refractivity contribution in [3.63, 3.8) is 0 Å². The van der Waals surface area contributed by atoms with E-state index in [1.165, 1.54) is 6.07 Å². The van der Waals surface area contributed by atoms with Crippen molar-refractivity contribution in [2.75, 3.05) is 5.73 Å². The lowest BCUT2D eigenvalue weighted by Crippen LogP contribution is -2.03. The third-order valence-electron chi connectivity index (χ3n) is 2.89. The number of hydrogen-bond acceptors (Lipinski definition) is 4. The summed E-state index contributed by atoms with van der Waals surface area (Å²) in [5.41, 5.74) is 7.62. The van der Waals surface area contributed by atoms with Gasteiger partial charge in [0.25, 0.3) is 5.69 Å². The van der Waals surface area contributed by atoms with Gasteiger partial charge in [0, 0.05) is 17.3 Å². The second-order valence-electron chi connectivity index (χ2n) is 4.42. The Morgan fingerprint density at radius 3 is 2.65 bits per heavy atom. The molecule has 0 aliphatic heterocycles. The first-order chi connectivity index (χ1) is 9.49. The number of benzene rings is 2. The molecule has 0 spiro atoms. The van der Waals surface area contributed by atoms with Crippen LogP contribution in [0.5, 0.6) is 0 Å². The molecule has 104 valence electrons. The molecule has 2 aromatic rings. The van der Waals surface area contributed by atoms with Gasteiger partial charge in [-0.3, -0.25) is 14.3 Å². The molecule has 0 saturated carbocycles. The molecule has 0 aliphatic carbocycles. The molecule has 0 amide bonds. The molecule has 2 rings (SSSR count). The van der Waals surface area contributed by atoms with Crippen molar-refractivity contribution in [1.29, 1.82) is 0 Å². The molecule has 5 nitrogen and oxygen atoms in total. The minimum atomic E-state index is -1.41. The van der Waals surface area contributed by atoms with Crippen LogP contribution in [0.15, 0.2) is 47.4 Å². The first-order valence-corrected chi connectivity index (χ1v) is 7.27. The fourth-order valence-electron chi connectivity index (χ4n) is 1.87. The Kier molecular flexibility index (Phi) is 4.14. The Hall–Kier alpha value is -2.21. The van der Waals surface area contributed by atoms with Gasteiger partial charge in [0.1, 0.15) is 0 Å². The minimum Gasteiger partial charge on any atom is -0.398 e. The molecule has 0 heterocycles. The zero-order valence-electron chi connectivity index (χ0n) is 10.9. The highest BCUT2D eigenvalue weighted by Crippen LogP contribution is 2.24. The highest BCUT2D eigenvalue weighted by atomic mass is 32.2. The Labute approximate surface area is 119 Å². The Balaban J connectivity index is 2.33. The van der Waals surface area contributed by atoms with E-state index in [-0.39, 0.29) is 11.4 Å². The summed E-state index contributed by atoms with van der Waals surface area (Å²) in [7, 11) is -1.41. The van der Waals surface area contributed by atoms with Gasteiger partial charge in [0.15, 0.2) is 0 Å². The lowest BCUT2D eigenvalue weighted by Gasteiger charge is -2.07. The Morgan fingerprint density at radius 2 is 1.95 bits per heavy atom. The van der Waals surface area contributed by atoms with E-state index < -0.39 is 15.7 Å². The van der Waals surface area contributed by atoms with E-state index in [4.69, 9.17) is 5.73 Å². The summed E-state index contributed by atoms with van der Waals surface area (Å²) in [4.78, 5) is 11.0. The van der Waals surface area contributed by atoms with Gasteiger partial charge in [0.2, 0.25) is 0 Å². The van der Waals surface area contributed by atoms with Gasteiger partial charge in [-0.1, -0.05) is 24.3 Å². The van der Waals surface area contributed by atoms with Gasteiger partial charge in [0.05, 0.1) is 26.4 Å². The van der Waals surface area contributed by atoms with Crippen LogP contribution in [0.2, 0.25) is 0 Å². The molecule has 2 aromatic carbocycles.